The zero-order valence-electron chi connectivity index (χ0n) is 15.0. The molecular weight excluding hydrogens is 358 g/mol. The Balaban J connectivity index is 0.00000338. The summed E-state index contributed by atoms with van der Waals surface area (Å²) in [7, 11) is 0. The Morgan fingerprint density at radius 2 is 1.81 bits per heavy atom. The molecule has 4 N–H and O–H groups in total. The van der Waals surface area contributed by atoms with Crippen LogP contribution in [0.3, 0.4) is 0 Å². The number of benzene rings is 1. The average Bonchev–Trinajstić information content (AvgIpc) is 2.55. The van der Waals surface area contributed by atoms with Gasteiger partial charge in [-0.15, -0.1) is 0 Å². The van der Waals surface area contributed by atoms with E-state index in [0.29, 0.717) is 17.0 Å². The average molecular weight is 380 g/mol. The van der Waals surface area contributed by atoms with Crippen LogP contribution in [0, 0.1) is 13.8 Å². The summed E-state index contributed by atoms with van der Waals surface area (Å²) in [4.78, 5) is 21.2. The molecule has 0 saturated heterocycles. The molecule has 7 nitrogen and oxygen atoms in total. The molecule has 2 aromatic rings. The minimum Gasteiger partial charge on any atom is -1.00 e. The van der Waals surface area contributed by atoms with Gasteiger partial charge in [-0.2, -0.15) is 0 Å². The molecule has 1 atom stereocenters. The molecule has 1 aromatic carbocycles. The lowest BCUT2D eigenvalue weighted by atomic mass is 10.1. The number of nitrogens with two attached hydrogens (primary N) is 1. The van der Waals surface area contributed by atoms with E-state index in [1.165, 1.54) is 0 Å². The lowest BCUT2D eigenvalue weighted by molar-refractivity contribution is -0.794. The van der Waals surface area contributed by atoms with E-state index >= 15 is 0 Å². The minimum atomic E-state index is -1.46. The summed E-state index contributed by atoms with van der Waals surface area (Å²) >= 11 is 0. The molecule has 0 aliphatic heterocycles. The van der Waals surface area contributed by atoms with Gasteiger partial charge in [-0.3, -0.25) is 0 Å². The van der Waals surface area contributed by atoms with Crippen LogP contribution in [-0.4, -0.2) is 21.9 Å². The fourth-order valence-electron chi connectivity index (χ4n) is 2.23. The van der Waals surface area contributed by atoms with Gasteiger partial charge in [-0.25, -0.2) is 14.6 Å². The van der Waals surface area contributed by atoms with Gasteiger partial charge in [-0.1, -0.05) is 29.8 Å². The molecule has 0 aliphatic carbocycles. The van der Waals surface area contributed by atoms with Crippen molar-refractivity contribution >= 4 is 11.8 Å². The van der Waals surface area contributed by atoms with Crippen LogP contribution in [0.1, 0.15) is 36.4 Å². The number of hydrogen-bond donors (Lipinski definition) is 3. The van der Waals surface area contributed by atoms with E-state index in [2.05, 4.69) is 10.1 Å². The molecule has 0 saturated carbocycles. The molecule has 1 unspecified atom stereocenters. The van der Waals surface area contributed by atoms with Crippen LogP contribution in [0.4, 0.5) is 4.79 Å². The van der Waals surface area contributed by atoms with Crippen LogP contribution in [0.15, 0.2) is 36.4 Å². The molecule has 0 radical (unpaired) electrons. The highest BCUT2D eigenvalue weighted by atomic mass is 35.5. The molecule has 0 spiro atoms. The van der Waals surface area contributed by atoms with Crippen molar-refractivity contribution in [3.05, 3.63) is 58.9 Å². The highest BCUT2D eigenvalue weighted by molar-refractivity contribution is 5.94. The standard InChI is InChI=1S/C18H21N3O4.ClH/c1-11-5-8-14(9-6-11)18(4,24-17(19)23)25-21-13(3)16-15(22)10-7-12(2)20-16;/h5-10,22H,1-4H3,(H2,19,23);1H. The Bertz CT molecular complexity index is 809. The molecule has 1 aromatic heterocycles. The van der Waals surface area contributed by atoms with Crippen LogP contribution in [0.25, 0.3) is 0 Å². The first-order chi connectivity index (χ1) is 11.7. The number of carbonyl (C=O) groups is 1. The number of aromatic hydroxyl groups is 1. The lowest BCUT2D eigenvalue weighted by Crippen LogP contribution is -3.00. The molecule has 26 heavy (non-hydrogen) atoms. The molecule has 140 valence electrons. The summed E-state index contributed by atoms with van der Waals surface area (Å²) in [6.45, 7) is 7.00. The second-order valence-electron chi connectivity index (χ2n) is 5.88. The van der Waals surface area contributed by atoms with Crippen molar-refractivity contribution in [2.75, 3.05) is 0 Å². The largest absolute Gasteiger partial charge is 1.00 e. The maximum atomic E-state index is 11.3. The Hall–Kier alpha value is -2.80. The number of ether oxygens (including phenoxy) is 1. The predicted molar refractivity (Wildman–Crippen MR) is 91.7 cm³/mol. The van der Waals surface area contributed by atoms with Crippen LogP contribution < -0.4 is 23.3 Å². The predicted octanol–water partition coefficient (Wildman–Crippen LogP) is -1.80. The summed E-state index contributed by atoms with van der Waals surface area (Å²) in [6.07, 6.45) is -0.973. The first-order valence-corrected chi connectivity index (χ1v) is 7.71. The second kappa shape index (κ2) is 8.53. The fraction of sp³-hybridized carbons (Fsp3) is 0.278. The third-order valence-corrected chi connectivity index (χ3v) is 3.64. The molecule has 2 rings (SSSR count). The van der Waals surface area contributed by atoms with E-state index in [0.717, 1.165) is 11.3 Å². The van der Waals surface area contributed by atoms with Gasteiger partial charge in [0, 0.05) is 25.1 Å². The summed E-state index contributed by atoms with van der Waals surface area (Å²) in [5, 5.41) is 12.6. The minimum absolute atomic E-state index is 0. The maximum absolute atomic E-state index is 11.3. The number of primary amides is 1. The van der Waals surface area contributed by atoms with Crippen molar-refractivity contribution in [1.82, 2.24) is 4.98 Å². The lowest BCUT2D eigenvalue weighted by Gasteiger charge is -2.23. The van der Waals surface area contributed by atoms with Gasteiger partial charge < -0.3 is 28.0 Å². The third-order valence-electron chi connectivity index (χ3n) is 3.64. The monoisotopic (exact) mass is 379 g/mol. The quantitative estimate of drug-likeness (QED) is 0.322. The van der Waals surface area contributed by atoms with Crippen molar-refractivity contribution in [1.29, 1.82) is 0 Å². The first kappa shape index (κ1) is 21.2. The van der Waals surface area contributed by atoms with E-state index in [1.807, 2.05) is 26.0 Å². The van der Waals surface area contributed by atoms with Gasteiger partial charge in [0.2, 0.25) is 0 Å². The van der Waals surface area contributed by atoms with Gasteiger partial charge >= 0.3 is 11.9 Å². The van der Waals surface area contributed by atoms with Crippen LogP contribution in [0.5, 0.6) is 5.75 Å². The number of nitrogens with zero attached hydrogens (tertiary/aromatic N) is 1. The topological polar surface area (TPSA) is 109 Å². The maximum Gasteiger partial charge on any atom is 0.408 e. The highest BCUT2D eigenvalue weighted by Crippen LogP contribution is 2.25. The Morgan fingerprint density at radius 1 is 1.19 bits per heavy atom. The molecule has 0 bridgehead atoms. The Morgan fingerprint density at radius 3 is 2.38 bits per heavy atom. The number of carbonyl (C=O) groups excluding carboxylic acids is 1. The first-order valence-electron chi connectivity index (χ1n) is 7.71. The van der Waals surface area contributed by atoms with Crippen molar-refractivity contribution in [2.45, 2.75) is 33.5 Å². The normalized spacial score (nSPS) is 13.3. The Kier molecular flexibility index (Phi) is 6.97. The van der Waals surface area contributed by atoms with Gasteiger partial charge in [-0.05, 0) is 31.1 Å². The fourth-order valence-corrected chi connectivity index (χ4v) is 2.23. The van der Waals surface area contributed by atoms with Crippen LogP contribution in [-0.2, 0) is 15.4 Å². The second-order valence-corrected chi connectivity index (χ2v) is 5.88. The number of rotatable bonds is 5. The number of pyridine rings is 1. The van der Waals surface area contributed by atoms with E-state index in [1.54, 1.807) is 38.1 Å². The highest BCUT2D eigenvalue weighted by Gasteiger charge is 2.37. The number of amides is 1. The van der Waals surface area contributed by atoms with E-state index < -0.39 is 11.9 Å². The molecule has 8 heteroatoms. The van der Waals surface area contributed by atoms with E-state index in [9.17, 15) is 9.90 Å². The van der Waals surface area contributed by atoms with E-state index in [4.69, 9.17) is 15.3 Å². The zero-order chi connectivity index (χ0) is 18.6. The molecule has 1 amide bonds. The van der Waals surface area contributed by atoms with Crippen molar-refractivity contribution in [3.8, 4) is 5.75 Å². The van der Waals surface area contributed by atoms with Gasteiger partial charge in [0.25, 0.3) is 5.71 Å². The summed E-state index contributed by atoms with van der Waals surface area (Å²) < 4.78 is 5.16. The van der Waals surface area contributed by atoms with Gasteiger partial charge in [0.1, 0.15) is 5.75 Å². The molecule has 0 aliphatic rings. The molecule has 1 heterocycles. The summed E-state index contributed by atoms with van der Waals surface area (Å²) in [6, 6.07) is 10.5. The van der Waals surface area contributed by atoms with Gasteiger partial charge in [0.15, 0.2) is 5.69 Å². The van der Waals surface area contributed by atoms with Crippen molar-refractivity contribution in [2.24, 2.45) is 5.73 Å². The molecular formula is C18H22ClN3O4. The number of aryl methyl sites for hydroxylation is 2. The van der Waals surface area contributed by atoms with Crippen LogP contribution >= 0.6 is 0 Å². The third kappa shape index (κ3) is 5.10. The van der Waals surface area contributed by atoms with E-state index in [-0.39, 0.29) is 18.2 Å². The van der Waals surface area contributed by atoms with Gasteiger partial charge in [0.05, 0.1) is 0 Å². The summed E-state index contributed by atoms with van der Waals surface area (Å²) in [5.41, 5.74) is 8.36. The zero-order valence-corrected chi connectivity index (χ0v) is 15.8. The Labute approximate surface area is 158 Å². The number of aromatic nitrogens is 1. The van der Waals surface area contributed by atoms with Crippen LogP contribution in [0.2, 0.25) is 0 Å². The number of nitrogens with one attached hydrogen (secondary N) is 1. The number of hydrogen-bond acceptors (Lipinski definition) is 5. The van der Waals surface area contributed by atoms with Crippen molar-refractivity contribution < 1.29 is 37.0 Å². The van der Waals surface area contributed by atoms with Crippen molar-refractivity contribution in [3.63, 3.8) is 0 Å². The smallest absolute Gasteiger partial charge is 0.408 e. The number of halogens is 1. The SMILES string of the molecule is CC(=[NH+]OC(C)(OC(N)=O)c1ccc(C)cc1)c1nc(C)ccc1O.[Cl-]. The molecule has 0 fully saturated rings. The summed E-state index contributed by atoms with van der Waals surface area (Å²) in [5.74, 6) is -1.45.